The van der Waals surface area contributed by atoms with Crippen LogP contribution in [0.25, 0.3) is 0 Å². The summed E-state index contributed by atoms with van der Waals surface area (Å²) in [5, 5.41) is 8.78. The molecule has 0 aliphatic carbocycles. The van der Waals surface area contributed by atoms with Gasteiger partial charge in [0.15, 0.2) is 0 Å². The lowest BCUT2D eigenvalue weighted by Gasteiger charge is -2.15. The van der Waals surface area contributed by atoms with Crippen LogP contribution in [0.1, 0.15) is 25.7 Å². The maximum Gasteiger partial charge on any atom is 0.337 e. The number of amides is 1. The van der Waals surface area contributed by atoms with Gasteiger partial charge in [-0.05, 0) is 24.3 Å². The lowest BCUT2D eigenvalue weighted by atomic mass is 10.2. The minimum atomic E-state index is -1.03. The Hall–Kier alpha value is -1.92. The van der Waals surface area contributed by atoms with E-state index in [9.17, 15) is 9.59 Å². The number of carbonyl (C=O) groups excluding carboxylic acids is 1. The highest BCUT2D eigenvalue weighted by Gasteiger charge is 2.15. The number of rotatable bonds is 4. The first-order valence-electron chi connectivity index (χ1n) is 5.66. The summed E-state index contributed by atoms with van der Waals surface area (Å²) < 4.78 is 0.561. The molecule has 1 N–H and O–H groups in total. The molecule has 0 saturated carbocycles. The van der Waals surface area contributed by atoms with E-state index in [1.54, 1.807) is 25.2 Å². The number of aromatic carboxylic acids is 1. The van der Waals surface area contributed by atoms with Crippen molar-refractivity contribution in [2.24, 2.45) is 0 Å². The molecule has 2 heterocycles. The lowest BCUT2D eigenvalue weighted by Crippen LogP contribution is -2.25. The van der Waals surface area contributed by atoms with Crippen molar-refractivity contribution in [3.63, 3.8) is 0 Å². The van der Waals surface area contributed by atoms with Gasteiger partial charge in [-0.1, -0.05) is 11.6 Å². The number of carboxylic acid groups (broad SMARTS) is 1. The highest BCUT2D eigenvalue weighted by atomic mass is 35.5. The molecule has 2 rings (SSSR count). The van der Waals surface area contributed by atoms with Crippen LogP contribution in [0.15, 0.2) is 30.5 Å². The third-order valence-corrected chi connectivity index (χ3v) is 3.82. The molecule has 0 bridgehead atoms. The van der Waals surface area contributed by atoms with Gasteiger partial charge in [-0.25, -0.2) is 4.79 Å². The van der Waals surface area contributed by atoms with Crippen LogP contribution in [0.4, 0.5) is 0 Å². The zero-order valence-corrected chi connectivity index (χ0v) is 12.1. The summed E-state index contributed by atoms with van der Waals surface area (Å²) in [5.74, 6) is -1.17. The quantitative estimate of drug-likeness (QED) is 0.942. The Labute approximate surface area is 124 Å². The molecule has 2 aromatic rings. The minimum Gasteiger partial charge on any atom is -0.478 e. The van der Waals surface area contributed by atoms with Gasteiger partial charge in [-0.2, -0.15) is 0 Å². The maximum atomic E-state index is 12.1. The molecule has 0 aliphatic heterocycles. The van der Waals surface area contributed by atoms with Gasteiger partial charge in [0.25, 0.3) is 5.91 Å². The van der Waals surface area contributed by atoms with Crippen molar-refractivity contribution in [2.75, 3.05) is 7.05 Å². The van der Waals surface area contributed by atoms with E-state index in [2.05, 4.69) is 4.98 Å². The fraction of sp³-hybridized carbons (Fsp3) is 0.154. The Balaban J connectivity index is 2.05. The summed E-state index contributed by atoms with van der Waals surface area (Å²) in [6.45, 7) is 0.300. The molecule has 0 aromatic carbocycles. The third-order valence-electron chi connectivity index (χ3n) is 2.60. The van der Waals surface area contributed by atoms with Gasteiger partial charge in [-0.15, -0.1) is 11.3 Å². The smallest absolute Gasteiger partial charge is 0.337 e. The molecule has 0 atom stereocenters. The second-order valence-electron chi connectivity index (χ2n) is 4.11. The van der Waals surface area contributed by atoms with Crippen LogP contribution in [0.2, 0.25) is 4.34 Å². The fourth-order valence-electron chi connectivity index (χ4n) is 1.58. The molecule has 20 heavy (non-hydrogen) atoms. The number of aromatic nitrogens is 1. The standard InChI is InChI=1S/C13H11ClN2O3S/c1-16(12(17)10-4-5-11(14)20-10)7-9-3-2-8(6-15-9)13(18)19/h2-6H,7H2,1H3,(H,18,19). The van der Waals surface area contributed by atoms with Gasteiger partial charge < -0.3 is 10.0 Å². The van der Waals surface area contributed by atoms with Crippen molar-refractivity contribution in [3.8, 4) is 0 Å². The lowest BCUT2D eigenvalue weighted by molar-refractivity contribution is 0.0695. The van der Waals surface area contributed by atoms with Crippen LogP contribution in [0.5, 0.6) is 0 Å². The van der Waals surface area contributed by atoms with Gasteiger partial charge in [0.2, 0.25) is 0 Å². The molecule has 1 amide bonds. The molecule has 7 heteroatoms. The van der Waals surface area contributed by atoms with Gasteiger partial charge in [-0.3, -0.25) is 9.78 Å². The van der Waals surface area contributed by atoms with Crippen LogP contribution in [-0.4, -0.2) is 33.9 Å². The number of thiophene rings is 1. The van der Waals surface area contributed by atoms with Crippen LogP contribution < -0.4 is 0 Å². The number of hydrogen-bond donors (Lipinski definition) is 1. The predicted molar refractivity (Wildman–Crippen MR) is 76.3 cm³/mol. The second-order valence-corrected chi connectivity index (χ2v) is 5.82. The van der Waals surface area contributed by atoms with E-state index in [-0.39, 0.29) is 11.5 Å². The van der Waals surface area contributed by atoms with Gasteiger partial charge in [0, 0.05) is 13.2 Å². The van der Waals surface area contributed by atoms with Crippen LogP contribution in [0, 0.1) is 0 Å². The Morgan fingerprint density at radius 2 is 2.10 bits per heavy atom. The number of carbonyl (C=O) groups is 2. The second kappa shape index (κ2) is 6.02. The monoisotopic (exact) mass is 310 g/mol. The van der Waals surface area contributed by atoms with Gasteiger partial charge >= 0.3 is 5.97 Å². The number of carboxylic acids is 1. The predicted octanol–water partition coefficient (Wildman–Crippen LogP) is 2.77. The Morgan fingerprint density at radius 3 is 2.60 bits per heavy atom. The molecule has 104 valence electrons. The molecular formula is C13H11ClN2O3S. The third kappa shape index (κ3) is 3.34. The summed E-state index contributed by atoms with van der Waals surface area (Å²) in [7, 11) is 1.66. The van der Waals surface area contributed by atoms with Crippen molar-refractivity contribution in [1.82, 2.24) is 9.88 Å². The zero-order chi connectivity index (χ0) is 14.7. The Kier molecular flexibility index (Phi) is 4.36. The van der Waals surface area contributed by atoms with Crippen LogP contribution in [0.3, 0.4) is 0 Å². The van der Waals surface area contributed by atoms with E-state index >= 15 is 0 Å². The minimum absolute atomic E-state index is 0.118. The molecule has 2 aromatic heterocycles. The van der Waals surface area contributed by atoms with E-state index in [0.29, 0.717) is 21.5 Å². The van der Waals surface area contributed by atoms with Crippen molar-refractivity contribution in [1.29, 1.82) is 0 Å². The van der Waals surface area contributed by atoms with Crippen molar-refractivity contribution < 1.29 is 14.7 Å². The fourth-order valence-corrected chi connectivity index (χ4v) is 2.61. The Bertz CT molecular complexity index is 639. The molecule has 0 spiro atoms. The van der Waals surface area contributed by atoms with Crippen molar-refractivity contribution in [3.05, 3.63) is 50.9 Å². The first kappa shape index (κ1) is 14.5. The molecule has 0 radical (unpaired) electrons. The van der Waals surface area contributed by atoms with E-state index in [0.717, 1.165) is 0 Å². The van der Waals surface area contributed by atoms with Crippen molar-refractivity contribution in [2.45, 2.75) is 6.54 Å². The summed E-state index contributed by atoms with van der Waals surface area (Å²) in [6, 6.07) is 6.40. The first-order valence-corrected chi connectivity index (χ1v) is 6.86. The van der Waals surface area contributed by atoms with Crippen LogP contribution >= 0.6 is 22.9 Å². The van der Waals surface area contributed by atoms with E-state index in [4.69, 9.17) is 16.7 Å². The molecule has 0 aliphatic rings. The average molecular weight is 311 g/mol. The summed E-state index contributed by atoms with van der Waals surface area (Å²) in [4.78, 5) is 28.9. The van der Waals surface area contributed by atoms with Crippen LogP contribution in [-0.2, 0) is 6.54 Å². The number of halogens is 1. The van der Waals surface area contributed by atoms with E-state index in [1.807, 2.05) is 0 Å². The molecule has 0 saturated heterocycles. The SMILES string of the molecule is CN(Cc1ccc(C(=O)O)cn1)C(=O)c1ccc(Cl)s1. The number of nitrogens with zero attached hydrogens (tertiary/aromatic N) is 2. The summed E-state index contributed by atoms with van der Waals surface area (Å²) in [6.07, 6.45) is 1.28. The summed E-state index contributed by atoms with van der Waals surface area (Å²) >= 11 is 7.01. The maximum absolute atomic E-state index is 12.1. The highest BCUT2D eigenvalue weighted by Crippen LogP contribution is 2.22. The highest BCUT2D eigenvalue weighted by molar-refractivity contribution is 7.17. The largest absolute Gasteiger partial charge is 0.478 e. The number of pyridine rings is 1. The topological polar surface area (TPSA) is 70.5 Å². The molecule has 0 fully saturated rings. The van der Waals surface area contributed by atoms with Gasteiger partial charge in [0.05, 0.1) is 27.0 Å². The zero-order valence-electron chi connectivity index (χ0n) is 10.5. The average Bonchev–Trinajstić information content (AvgIpc) is 2.85. The van der Waals surface area contributed by atoms with Crippen molar-refractivity contribution >= 4 is 34.8 Å². The first-order chi connectivity index (χ1) is 9.47. The molecular weight excluding hydrogens is 300 g/mol. The molecule has 0 unspecified atom stereocenters. The molecule has 5 nitrogen and oxygen atoms in total. The number of hydrogen-bond acceptors (Lipinski definition) is 4. The van der Waals surface area contributed by atoms with E-state index in [1.165, 1.54) is 28.5 Å². The Morgan fingerprint density at radius 1 is 1.35 bits per heavy atom. The van der Waals surface area contributed by atoms with Gasteiger partial charge in [0.1, 0.15) is 0 Å². The summed E-state index contributed by atoms with van der Waals surface area (Å²) in [5.41, 5.74) is 0.737. The van der Waals surface area contributed by atoms with E-state index < -0.39 is 5.97 Å². The normalized spacial score (nSPS) is 10.3.